The number of nitrogens with one attached hydrogen (secondary N) is 1. The van der Waals surface area contributed by atoms with Gasteiger partial charge in [0.15, 0.2) is 0 Å². The Bertz CT molecular complexity index is 312. The van der Waals surface area contributed by atoms with Crippen LogP contribution in [0.15, 0.2) is 18.2 Å². The molecule has 0 aliphatic heterocycles. The van der Waals surface area contributed by atoms with Gasteiger partial charge < -0.3 is 10.4 Å². The summed E-state index contributed by atoms with van der Waals surface area (Å²) in [4.78, 5) is 10.6. The van der Waals surface area contributed by atoms with E-state index >= 15 is 0 Å². The fraction of sp³-hybridized carbons (Fsp3) is 0.125. The average Bonchev–Trinajstić information content (AvgIpc) is 2.03. The number of hydrogen-bond donors (Lipinski definition) is 2. The number of hydrogen-bond acceptors (Lipinski definition) is 2. The third-order valence-corrected chi connectivity index (χ3v) is 2.38. The summed E-state index contributed by atoms with van der Waals surface area (Å²) in [6, 6.07) is 5.13. The molecule has 0 saturated carbocycles. The van der Waals surface area contributed by atoms with Crippen molar-refractivity contribution >= 4 is 34.2 Å². The van der Waals surface area contributed by atoms with Crippen molar-refractivity contribution in [3.8, 4) is 0 Å². The normalized spacial score (nSPS) is 9.50. The van der Waals surface area contributed by atoms with Crippen molar-refractivity contribution in [2.24, 2.45) is 0 Å². The Morgan fingerprint density at radius 1 is 1.58 bits per heavy atom. The zero-order valence-corrected chi connectivity index (χ0v) is 8.62. The number of anilines is 1. The van der Waals surface area contributed by atoms with Crippen LogP contribution in [0.3, 0.4) is 0 Å². The Hall–Kier alpha value is -0.780. The van der Waals surface area contributed by atoms with Gasteiger partial charge in [0.25, 0.3) is 0 Å². The molecule has 2 N–H and O–H groups in total. The molecule has 0 unspecified atom stereocenters. The number of rotatable bonds is 2. The molecule has 0 aliphatic rings. The third kappa shape index (κ3) is 1.88. The number of carbonyl (C=O) groups is 1. The van der Waals surface area contributed by atoms with Gasteiger partial charge in [-0.2, -0.15) is 0 Å². The van der Waals surface area contributed by atoms with Crippen LogP contribution in [-0.2, 0) is 0 Å². The highest BCUT2D eigenvalue weighted by Gasteiger charge is 2.07. The van der Waals surface area contributed by atoms with E-state index in [4.69, 9.17) is 5.11 Å². The molecule has 0 spiro atoms. The molecule has 0 aliphatic carbocycles. The van der Waals surface area contributed by atoms with Crippen LogP contribution in [0, 0.1) is 3.57 Å². The summed E-state index contributed by atoms with van der Waals surface area (Å²) in [5.74, 6) is -0.887. The van der Waals surface area contributed by atoms with E-state index in [1.165, 1.54) is 0 Å². The molecule has 0 atom stereocenters. The first-order chi connectivity index (χ1) is 5.65. The molecule has 1 rings (SSSR count). The van der Waals surface area contributed by atoms with E-state index in [1.807, 2.05) is 22.6 Å². The van der Waals surface area contributed by atoms with E-state index in [2.05, 4.69) is 5.32 Å². The van der Waals surface area contributed by atoms with Crippen molar-refractivity contribution in [1.82, 2.24) is 0 Å². The Morgan fingerprint density at radius 3 is 2.67 bits per heavy atom. The van der Waals surface area contributed by atoms with Gasteiger partial charge in [0, 0.05) is 16.3 Å². The summed E-state index contributed by atoms with van der Waals surface area (Å²) in [6.07, 6.45) is 0. The van der Waals surface area contributed by atoms with Crippen molar-refractivity contribution in [2.45, 2.75) is 0 Å². The van der Waals surface area contributed by atoms with Crippen LogP contribution >= 0.6 is 22.6 Å². The number of carboxylic acid groups (broad SMARTS) is 1. The molecule has 0 heterocycles. The largest absolute Gasteiger partial charge is 0.478 e. The fourth-order valence-electron chi connectivity index (χ4n) is 0.844. The quantitative estimate of drug-likeness (QED) is 0.813. The summed E-state index contributed by atoms with van der Waals surface area (Å²) in [6.45, 7) is 0. The molecule has 0 fully saturated rings. The van der Waals surface area contributed by atoms with Crippen LogP contribution in [0.25, 0.3) is 0 Å². The lowest BCUT2D eigenvalue weighted by atomic mass is 10.2. The number of benzene rings is 1. The first-order valence-electron chi connectivity index (χ1n) is 3.35. The van der Waals surface area contributed by atoms with E-state index in [0.29, 0.717) is 5.56 Å². The Balaban J connectivity index is 3.12. The molecule has 0 radical (unpaired) electrons. The minimum absolute atomic E-state index is 0.342. The Kier molecular flexibility index (Phi) is 2.91. The Morgan fingerprint density at radius 2 is 2.25 bits per heavy atom. The van der Waals surface area contributed by atoms with Gasteiger partial charge in [0.2, 0.25) is 0 Å². The van der Waals surface area contributed by atoms with Crippen LogP contribution in [0.5, 0.6) is 0 Å². The van der Waals surface area contributed by atoms with E-state index in [0.717, 1.165) is 9.26 Å². The van der Waals surface area contributed by atoms with E-state index in [-0.39, 0.29) is 0 Å². The Labute approximate surface area is 83.9 Å². The van der Waals surface area contributed by atoms with Gasteiger partial charge in [0.1, 0.15) is 0 Å². The summed E-state index contributed by atoms with van der Waals surface area (Å²) < 4.78 is 0.743. The van der Waals surface area contributed by atoms with Gasteiger partial charge in [-0.15, -0.1) is 0 Å². The van der Waals surface area contributed by atoms with Crippen LogP contribution in [0.2, 0.25) is 0 Å². The highest BCUT2D eigenvalue weighted by Crippen LogP contribution is 2.17. The zero-order valence-electron chi connectivity index (χ0n) is 6.47. The van der Waals surface area contributed by atoms with E-state index in [9.17, 15) is 4.79 Å². The van der Waals surface area contributed by atoms with Gasteiger partial charge in [-0.05, 0) is 40.8 Å². The lowest BCUT2D eigenvalue weighted by Gasteiger charge is -2.02. The molecule has 12 heavy (non-hydrogen) atoms. The summed E-state index contributed by atoms with van der Waals surface area (Å²) >= 11 is 2.00. The van der Waals surface area contributed by atoms with Crippen molar-refractivity contribution in [1.29, 1.82) is 0 Å². The molecule has 0 saturated heterocycles. The highest BCUT2D eigenvalue weighted by atomic mass is 127. The van der Waals surface area contributed by atoms with Gasteiger partial charge in [-0.1, -0.05) is 0 Å². The van der Waals surface area contributed by atoms with Gasteiger partial charge in [-0.25, -0.2) is 4.79 Å². The topological polar surface area (TPSA) is 49.3 Å². The van der Waals surface area contributed by atoms with Crippen molar-refractivity contribution in [3.63, 3.8) is 0 Å². The molecule has 0 amide bonds. The molecular weight excluding hydrogens is 269 g/mol. The SMILES string of the molecule is CNc1ccc(C(=O)O)c(I)c1. The van der Waals surface area contributed by atoms with Crippen LogP contribution < -0.4 is 5.32 Å². The molecular formula is C8H8INO2. The minimum Gasteiger partial charge on any atom is -0.478 e. The number of halogens is 1. The van der Waals surface area contributed by atoms with Crippen LogP contribution in [-0.4, -0.2) is 18.1 Å². The maximum absolute atomic E-state index is 10.6. The fourth-order valence-corrected chi connectivity index (χ4v) is 1.59. The number of aromatic carboxylic acids is 1. The smallest absolute Gasteiger partial charge is 0.336 e. The minimum atomic E-state index is -0.887. The zero-order chi connectivity index (χ0) is 9.14. The van der Waals surface area contributed by atoms with Crippen LogP contribution in [0.4, 0.5) is 5.69 Å². The maximum Gasteiger partial charge on any atom is 0.336 e. The predicted octanol–water partition coefficient (Wildman–Crippen LogP) is 2.03. The molecule has 0 aromatic heterocycles. The second kappa shape index (κ2) is 3.75. The van der Waals surface area contributed by atoms with E-state index < -0.39 is 5.97 Å². The first-order valence-corrected chi connectivity index (χ1v) is 4.43. The molecule has 1 aromatic rings. The number of carboxylic acids is 1. The van der Waals surface area contributed by atoms with E-state index in [1.54, 1.807) is 25.2 Å². The second-order valence-corrected chi connectivity index (χ2v) is 3.41. The molecule has 64 valence electrons. The van der Waals surface area contributed by atoms with Crippen LogP contribution in [0.1, 0.15) is 10.4 Å². The molecule has 1 aromatic carbocycles. The third-order valence-electron chi connectivity index (χ3n) is 1.49. The molecule has 0 bridgehead atoms. The molecule has 4 heteroatoms. The van der Waals surface area contributed by atoms with Crippen molar-refractivity contribution in [2.75, 3.05) is 12.4 Å². The summed E-state index contributed by atoms with van der Waals surface area (Å²) in [5, 5.41) is 11.6. The summed E-state index contributed by atoms with van der Waals surface area (Å²) in [5.41, 5.74) is 1.26. The summed E-state index contributed by atoms with van der Waals surface area (Å²) in [7, 11) is 1.80. The average molecular weight is 277 g/mol. The lowest BCUT2D eigenvalue weighted by molar-refractivity contribution is 0.0696. The molecule has 3 nitrogen and oxygen atoms in total. The maximum atomic E-state index is 10.6. The second-order valence-electron chi connectivity index (χ2n) is 2.25. The van der Waals surface area contributed by atoms with Gasteiger partial charge in [-0.3, -0.25) is 0 Å². The standard InChI is InChI=1S/C8H8INO2/c1-10-5-2-3-6(8(11)12)7(9)4-5/h2-4,10H,1H3,(H,11,12). The first kappa shape index (κ1) is 9.31. The monoisotopic (exact) mass is 277 g/mol. The van der Waals surface area contributed by atoms with Gasteiger partial charge in [0.05, 0.1) is 5.56 Å². The lowest BCUT2D eigenvalue weighted by Crippen LogP contribution is -2.00. The van der Waals surface area contributed by atoms with Gasteiger partial charge >= 0.3 is 5.97 Å². The predicted molar refractivity (Wildman–Crippen MR) is 55.7 cm³/mol. The van der Waals surface area contributed by atoms with Crippen molar-refractivity contribution in [3.05, 3.63) is 27.3 Å². The highest BCUT2D eigenvalue weighted by molar-refractivity contribution is 14.1. The van der Waals surface area contributed by atoms with Crippen molar-refractivity contribution < 1.29 is 9.90 Å².